The van der Waals surface area contributed by atoms with Gasteiger partial charge in [0.1, 0.15) is 0 Å². The van der Waals surface area contributed by atoms with Crippen LogP contribution in [0.1, 0.15) is 5.69 Å². The Morgan fingerprint density at radius 2 is 2.58 bits per heavy atom. The van der Waals surface area contributed by atoms with Crippen molar-refractivity contribution < 1.29 is 4.79 Å². The topological polar surface area (TPSA) is 60.4 Å². The van der Waals surface area contributed by atoms with Gasteiger partial charge in [-0.15, -0.1) is 11.3 Å². The molecule has 0 aromatic carbocycles. The molecule has 62 valence electrons. The van der Waals surface area contributed by atoms with E-state index < -0.39 is 0 Å². The Morgan fingerprint density at radius 3 is 3.33 bits per heavy atom. The van der Waals surface area contributed by atoms with Crippen LogP contribution in [-0.4, -0.2) is 15.3 Å². The molecule has 0 bridgehead atoms. The number of carbonyl (C=O) groups is 1. The average Bonchev–Trinajstić information content (AvgIpc) is 2.52. The van der Waals surface area contributed by atoms with E-state index in [0.29, 0.717) is 0 Å². The molecule has 1 amide bonds. The Kier molecular flexibility index (Phi) is 1.58. The molecule has 0 aliphatic heterocycles. The van der Waals surface area contributed by atoms with Gasteiger partial charge in [0.15, 0.2) is 4.96 Å². The van der Waals surface area contributed by atoms with Crippen LogP contribution in [0.4, 0.5) is 0 Å². The molecule has 0 spiro atoms. The van der Waals surface area contributed by atoms with Gasteiger partial charge in [0, 0.05) is 23.5 Å². The number of nitrogens with zero attached hydrogens (tertiary/aromatic N) is 2. The molecule has 12 heavy (non-hydrogen) atoms. The van der Waals surface area contributed by atoms with Crippen molar-refractivity contribution in [3.63, 3.8) is 0 Å². The Labute approximate surface area is 72.6 Å². The summed E-state index contributed by atoms with van der Waals surface area (Å²) in [5, 5.41) is 1.90. The zero-order valence-corrected chi connectivity index (χ0v) is 7.04. The average molecular weight is 181 g/mol. The second kappa shape index (κ2) is 2.60. The Morgan fingerprint density at radius 1 is 1.75 bits per heavy atom. The number of hydrogen-bond donors (Lipinski definition) is 1. The summed E-state index contributed by atoms with van der Waals surface area (Å²) in [4.78, 5) is 15.6. The van der Waals surface area contributed by atoms with Crippen LogP contribution in [0, 0.1) is 0 Å². The molecular weight excluding hydrogens is 174 g/mol. The van der Waals surface area contributed by atoms with Gasteiger partial charge in [-0.05, 0) is 0 Å². The predicted octanol–water partition coefficient (Wildman–Crippen LogP) is 0.424. The van der Waals surface area contributed by atoms with Crippen molar-refractivity contribution >= 4 is 22.2 Å². The zero-order valence-electron chi connectivity index (χ0n) is 6.23. The van der Waals surface area contributed by atoms with Crippen molar-refractivity contribution in [3.05, 3.63) is 23.5 Å². The normalized spacial score (nSPS) is 10.7. The molecule has 0 saturated carbocycles. The SMILES string of the molecule is NC(=O)Cc1csc2nccn12. The molecule has 2 rings (SSSR count). The lowest BCUT2D eigenvalue weighted by Crippen LogP contribution is -2.14. The molecule has 0 aliphatic rings. The molecule has 0 saturated heterocycles. The quantitative estimate of drug-likeness (QED) is 0.730. The fourth-order valence-electron chi connectivity index (χ4n) is 1.08. The van der Waals surface area contributed by atoms with Crippen LogP contribution in [0.15, 0.2) is 17.8 Å². The van der Waals surface area contributed by atoms with Crippen LogP contribution in [0.3, 0.4) is 0 Å². The number of hydrogen-bond acceptors (Lipinski definition) is 3. The summed E-state index contributed by atoms with van der Waals surface area (Å²) in [6.07, 6.45) is 3.80. The van der Waals surface area contributed by atoms with Gasteiger partial charge in [0.25, 0.3) is 0 Å². The van der Waals surface area contributed by atoms with Crippen molar-refractivity contribution in [2.24, 2.45) is 5.73 Å². The molecular formula is C7H7N3OS. The number of imidazole rings is 1. The molecule has 2 aromatic heterocycles. The molecule has 0 aliphatic carbocycles. The molecule has 0 atom stereocenters. The molecule has 0 unspecified atom stereocenters. The first-order valence-corrected chi connectivity index (χ1v) is 4.33. The maximum atomic E-state index is 10.6. The van der Waals surface area contributed by atoms with E-state index in [1.807, 2.05) is 16.0 Å². The molecule has 2 N–H and O–H groups in total. The summed E-state index contributed by atoms with van der Waals surface area (Å²) in [6.45, 7) is 0. The molecule has 2 aromatic rings. The van der Waals surface area contributed by atoms with Crippen molar-refractivity contribution in [2.75, 3.05) is 0 Å². The van der Waals surface area contributed by atoms with E-state index >= 15 is 0 Å². The lowest BCUT2D eigenvalue weighted by atomic mass is 10.3. The van der Waals surface area contributed by atoms with Crippen molar-refractivity contribution in [3.8, 4) is 0 Å². The molecule has 4 nitrogen and oxygen atoms in total. The van der Waals surface area contributed by atoms with E-state index in [-0.39, 0.29) is 12.3 Å². The number of primary amides is 1. The van der Waals surface area contributed by atoms with Gasteiger partial charge < -0.3 is 5.73 Å². The minimum Gasteiger partial charge on any atom is -0.369 e. The number of aromatic nitrogens is 2. The van der Waals surface area contributed by atoms with E-state index in [4.69, 9.17) is 5.73 Å². The van der Waals surface area contributed by atoms with E-state index in [1.54, 1.807) is 6.20 Å². The third-order valence-corrected chi connectivity index (χ3v) is 2.47. The molecule has 2 heterocycles. The number of fused-ring (bicyclic) bond motifs is 1. The van der Waals surface area contributed by atoms with Gasteiger partial charge in [-0.3, -0.25) is 9.20 Å². The van der Waals surface area contributed by atoms with E-state index in [2.05, 4.69) is 4.98 Å². The summed E-state index contributed by atoms with van der Waals surface area (Å²) in [7, 11) is 0. The van der Waals surface area contributed by atoms with Gasteiger partial charge in [-0.2, -0.15) is 0 Å². The minimum atomic E-state index is -0.316. The first-order chi connectivity index (χ1) is 5.77. The summed E-state index contributed by atoms with van der Waals surface area (Å²) in [6, 6.07) is 0. The molecule has 0 fully saturated rings. The van der Waals surface area contributed by atoms with Crippen molar-refractivity contribution in [1.82, 2.24) is 9.38 Å². The van der Waals surface area contributed by atoms with Crippen LogP contribution in [0.2, 0.25) is 0 Å². The standard InChI is InChI=1S/C7H7N3OS/c8-6(11)3-5-4-12-7-9-1-2-10(5)7/h1-2,4H,3H2,(H2,8,11). The van der Waals surface area contributed by atoms with Crippen LogP contribution in [0.5, 0.6) is 0 Å². The van der Waals surface area contributed by atoms with Gasteiger partial charge >= 0.3 is 0 Å². The minimum absolute atomic E-state index is 0.274. The second-order valence-corrected chi connectivity index (χ2v) is 3.29. The van der Waals surface area contributed by atoms with Crippen LogP contribution in [-0.2, 0) is 11.2 Å². The van der Waals surface area contributed by atoms with Gasteiger partial charge in [-0.25, -0.2) is 4.98 Å². The van der Waals surface area contributed by atoms with E-state index in [9.17, 15) is 4.79 Å². The van der Waals surface area contributed by atoms with E-state index in [0.717, 1.165) is 10.7 Å². The van der Waals surface area contributed by atoms with Crippen molar-refractivity contribution in [2.45, 2.75) is 6.42 Å². The summed E-state index contributed by atoms with van der Waals surface area (Å²) in [5.41, 5.74) is 5.98. The van der Waals surface area contributed by atoms with Crippen molar-refractivity contribution in [1.29, 1.82) is 0 Å². The molecule has 0 radical (unpaired) electrons. The zero-order chi connectivity index (χ0) is 8.55. The highest BCUT2D eigenvalue weighted by Crippen LogP contribution is 2.14. The second-order valence-electron chi connectivity index (χ2n) is 2.45. The van der Waals surface area contributed by atoms with Crippen LogP contribution in [0.25, 0.3) is 4.96 Å². The maximum absolute atomic E-state index is 10.6. The van der Waals surface area contributed by atoms with Crippen LogP contribution >= 0.6 is 11.3 Å². The number of rotatable bonds is 2. The molecule has 5 heteroatoms. The Hall–Kier alpha value is -1.36. The van der Waals surface area contributed by atoms with Gasteiger partial charge in [-0.1, -0.05) is 0 Å². The third kappa shape index (κ3) is 1.08. The predicted molar refractivity (Wildman–Crippen MR) is 46.0 cm³/mol. The number of carbonyl (C=O) groups excluding carboxylic acids is 1. The largest absolute Gasteiger partial charge is 0.369 e. The maximum Gasteiger partial charge on any atom is 0.223 e. The first kappa shape index (κ1) is 7.30. The van der Waals surface area contributed by atoms with Crippen LogP contribution < -0.4 is 5.73 Å². The lowest BCUT2D eigenvalue weighted by Gasteiger charge is -1.92. The van der Waals surface area contributed by atoms with E-state index in [1.165, 1.54) is 11.3 Å². The monoisotopic (exact) mass is 181 g/mol. The summed E-state index contributed by atoms with van der Waals surface area (Å²) >= 11 is 1.51. The number of thiazole rings is 1. The smallest absolute Gasteiger partial charge is 0.223 e. The lowest BCUT2D eigenvalue weighted by molar-refractivity contribution is -0.117. The highest BCUT2D eigenvalue weighted by molar-refractivity contribution is 7.15. The first-order valence-electron chi connectivity index (χ1n) is 3.45. The fraction of sp³-hybridized carbons (Fsp3) is 0.143. The Balaban J connectivity index is 2.47. The summed E-state index contributed by atoms with van der Waals surface area (Å²) < 4.78 is 1.87. The summed E-state index contributed by atoms with van der Waals surface area (Å²) in [5.74, 6) is -0.316. The third-order valence-electron chi connectivity index (χ3n) is 1.57. The highest BCUT2D eigenvalue weighted by Gasteiger charge is 2.05. The van der Waals surface area contributed by atoms with Gasteiger partial charge in [0.2, 0.25) is 5.91 Å². The van der Waals surface area contributed by atoms with Gasteiger partial charge in [0.05, 0.1) is 6.42 Å². The fourth-order valence-corrected chi connectivity index (χ4v) is 1.93. The Bertz CT molecular complexity index is 417. The number of nitrogens with two attached hydrogens (primary N) is 1. The number of amides is 1. The highest BCUT2D eigenvalue weighted by atomic mass is 32.1.